The van der Waals surface area contributed by atoms with Crippen molar-refractivity contribution in [3.63, 3.8) is 0 Å². The van der Waals surface area contributed by atoms with Gasteiger partial charge in [-0.05, 0) is 31.9 Å². The Labute approximate surface area is 190 Å². The third-order valence-corrected chi connectivity index (χ3v) is 6.18. The number of carbonyl (C=O) groups excluding carboxylic acids is 1. The summed E-state index contributed by atoms with van der Waals surface area (Å²) in [6.07, 6.45) is 1.92. The molecule has 33 heavy (non-hydrogen) atoms. The number of aromatic nitrogens is 2. The fourth-order valence-corrected chi connectivity index (χ4v) is 4.29. The van der Waals surface area contributed by atoms with E-state index in [1.165, 1.54) is 12.1 Å². The second kappa shape index (κ2) is 9.64. The van der Waals surface area contributed by atoms with E-state index in [0.29, 0.717) is 24.3 Å². The average Bonchev–Trinajstić information content (AvgIpc) is 2.83. The monoisotopic (exact) mass is 457 g/mol. The van der Waals surface area contributed by atoms with Crippen molar-refractivity contribution in [2.75, 3.05) is 30.4 Å². The number of nitrogens with one attached hydrogen (secondary N) is 2. The molecule has 1 amide bonds. The van der Waals surface area contributed by atoms with Gasteiger partial charge in [0, 0.05) is 48.9 Å². The molecular weight excluding hydrogens is 431 g/mol. The van der Waals surface area contributed by atoms with Gasteiger partial charge in [-0.15, -0.1) is 0 Å². The van der Waals surface area contributed by atoms with E-state index in [2.05, 4.69) is 25.5 Å². The summed E-state index contributed by atoms with van der Waals surface area (Å²) in [5.41, 5.74) is 0.937. The first-order chi connectivity index (χ1) is 15.9. The van der Waals surface area contributed by atoms with Crippen LogP contribution in [0.1, 0.15) is 43.4 Å². The van der Waals surface area contributed by atoms with Crippen molar-refractivity contribution in [1.29, 1.82) is 0 Å². The van der Waals surface area contributed by atoms with Crippen LogP contribution in [0.5, 0.6) is 0 Å². The zero-order valence-electron chi connectivity index (χ0n) is 18.5. The van der Waals surface area contributed by atoms with Crippen LogP contribution in [0.15, 0.2) is 42.7 Å². The number of hydrogen-bond acceptors (Lipinski definition) is 5. The second-order valence-electron chi connectivity index (χ2n) is 8.21. The molecule has 4 rings (SSSR count). The summed E-state index contributed by atoms with van der Waals surface area (Å²) in [6, 6.07) is 7.19. The molecule has 174 valence electrons. The molecule has 3 heterocycles. The molecule has 3 aromatic rings. The number of hydrogen-bond donors (Lipinski definition) is 2. The van der Waals surface area contributed by atoms with Crippen molar-refractivity contribution in [2.24, 2.45) is 5.92 Å². The average molecular weight is 458 g/mol. The summed E-state index contributed by atoms with van der Waals surface area (Å²) in [6.45, 7) is 3.15. The number of piperidine rings is 1. The number of halogens is 3. The van der Waals surface area contributed by atoms with Crippen molar-refractivity contribution in [1.82, 2.24) is 15.3 Å². The van der Waals surface area contributed by atoms with Crippen LogP contribution in [0, 0.1) is 11.7 Å². The lowest BCUT2D eigenvalue weighted by Gasteiger charge is -2.32. The van der Waals surface area contributed by atoms with E-state index in [9.17, 15) is 18.0 Å². The van der Waals surface area contributed by atoms with Crippen molar-refractivity contribution >= 4 is 28.3 Å². The minimum absolute atomic E-state index is 0.00495. The molecule has 6 nitrogen and oxygen atoms in total. The van der Waals surface area contributed by atoms with Crippen LogP contribution in [0.3, 0.4) is 0 Å². The molecule has 0 radical (unpaired) electrons. The van der Waals surface area contributed by atoms with E-state index in [4.69, 9.17) is 0 Å². The van der Waals surface area contributed by atoms with Gasteiger partial charge in [0.05, 0.1) is 23.3 Å². The summed E-state index contributed by atoms with van der Waals surface area (Å²) < 4.78 is 40.9. The van der Waals surface area contributed by atoms with Gasteiger partial charge in [0.25, 0.3) is 6.43 Å². The van der Waals surface area contributed by atoms with Crippen molar-refractivity contribution in [2.45, 2.75) is 32.2 Å². The fourth-order valence-electron chi connectivity index (χ4n) is 4.29. The lowest BCUT2D eigenvalue weighted by atomic mass is 9.96. The second-order valence-corrected chi connectivity index (χ2v) is 8.21. The van der Waals surface area contributed by atoms with Gasteiger partial charge in [-0.2, -0.15) is 0 Å². The number of nitrogens with zero attached hydrogens (tertiary/aromatic N) is 3. The molecular formula is C24H26F3N5O. The first-order valence-electron chi connectivity index (χ1n) is 10.9. The number of amides is 1. The van der Waals surface area contributed by atoms with Crippen LogP contribution in [-0.2, 0) is 4.79 Å². The van der Waals surface area contributed by atoms with Crippen molar-refractivity contribution in [3.8, 4) is 0 Å². The molecule has 1 atom stereocenters. The Hall–Kier alpha value is -3.36. The largest absolute Gasteiger partial charge is 0.378 e. The fraction of sp³-hybridized carbons (Fsp3) is 0.375. The normalized spacial score (nSPS) is 15.6. The summed E-state index contributed by atoms with van der Waals surface area (Å²) >= 11 is 0. The Morgan fingerprint density at radius 1 is 1.15 bits per heavy atom. The van der Waals surface area contributed by atoms with Crippen LogP contribution < -0.4 is 15.5 Å². The highest BCUT2D eigenvalue weighted by molar-refractivity contribution is 5.92. The highest BCUT2D eigenvalue weighted by Gasteiger charge is 2.25. The summed E-state index contributed by atoms with van der Waals surface area (Å²) in [5, 5.41) is 6.75. The van der Waals surface area contributed by atoms with Crippen molar-refractivity contribution < 1.29 is 18.0 Å². The summed E-state index contributed by atoms with van der Waals surface area (Å²) in [5.74, 6) is -0.0565. The predicted molar refractivity (Wildman–Crippen MR) is 122 cm³/mol. The lowest BCUT2D eigenvalue weighted by Crippen LogP contribution is -2.39. The number of pyridine rings is 2. The van der Waals surface area contributed by atoms with E-state index in [0.717, 1.165) is 30.1 Å². The molecule has 1 fully saturated rings. The van der Waals surface area contributed by atoms with Crippen LogP contribution in [-0.4, -0.2) is 36.0 Å². The molecule has 9 heteroatoms. The number of fused-ring (bicyclic) bond motifs is 1. The van der Waals surface area contributed by atoms with Gasteiger partial charge < -0.3 is 15.5 Å². The molecule has 0 saturated carbocycles. The van der Waals surface area contributed by atoms with Crippen molar-refractivity contribution in [3.05, 3.63) is 59.7 Å². The maximum Gasteiger partial charge on any atom is 0.266 e. The third-order valence-electron chi connectivity index (χ3n) is 6.18. The Morgan fingerprint density at radius 3 is 2.58 bits per heavy atom. The Bertz CT molecular complexity index is 1150. The maximum absolute atomic E-state index is 14.6. The Morgan fingerprint density at radius 2 is 1.88 bits per heavy atom. The number of rotatable bonds is 6. The minimum Gasteiger partial charge on any atom is -0.378 e. The molecule has 1 aliphatic rings. The zero-order chi connectivity index (χ0) is 23.5. The maximum atomic E-state index is 14.6. The first-order valence-corrected chi connectivity index (χ1v) is 10.9. The Kier molecular flexibility index (Phi) is 6.67. The molecule has 1 aromatic carbocycles. The van der Waals surface area contributed by atoms with Crippen LogP contribution in [0.25, 0.3) is 10.9 Å². The summed E-state index contributed by atoms with van der Waals surface area (Å²) in [4.78, 5) is 22.9. The first kappa shape index (κ1) is 22.8. The van der Waals surface area contributed by atoms with Gasteiger partial charge in [-0.3, -0.25) is 9.78 Å². The number of benzene rings is 1. The van der Waals surface area contributed by atoms with Crippen LogP contribution >= 0.6 is 0 Å². The highest BCUT2D eigenvalue weighted by Crippen LogP contribution is 2.32. The van der Waals surface area contributed by atoms with Gasteiger partial charge in [0.1, 0.15) is 11.6 Å². The molecule has 1 aliphatic heterocycles. The van der Waals surface area contributed by atoms with Crippen LogP contribution in [0.4, 0.5) is 24.7 Å². The SMILES string of the molecule is CNC(=O)C1CCN(c2cc3c(N[C@H](C)c4cccc(C(F)F)c4F)ccnc3cn2)CC1. The van der Waals surface area contributed by atoms with Gasteiger partial charge in [-0.25, -0.2) is 18.2 Å². The molecule has 0 aliphatic carbocycles. The number of carbonyl (C=O) groups is 1. The standard InChI is InChI=1S/C24H26F3N5O/c1-14(16-4-3-5-17(22(16)25)23(26)27)31-19-6-9-29-20-13-30-21(12-18(19)20)32-10-7-15(8-11-32)24(33)28-2/h3-6,9,12-15,23H,7-8,10-11H2,1-2H3,(H,28,33)(H,29,31)/t14-/m1/s1. The van der Waals surface area contributed by atoms with E-state index in [-0.39, 0.29) is 17.4 Å². The van der Waals surface area contributed by atoms with Crippen LogP contribution in [0.2, 0.25) is 0 Å². The third kappa shape index (κ3) is 4.72. The molecule has 0 unspecified atom stereocenters. The Balaban J connectivity index is 1.58. The van der Waals surface area contributed by atoms with E-state index in [1.807, 2.05) is 6.07 Å². The minimum atomic E-state index is -2.87. The van der Waals surface area contributed by atoms with Gasteiger partial charge in [0.2, 0.25) is 5.91 Å². The van der Waals surface area contributed by atoms with Gasteiger partial charge in [-0.1, -0.05) is 18.2 Å². The number of alkyl halides is 2. The van der Waals surface area contributed by atoms with E-state index < -0.39 is 23.8 Å². The van der Waals surface area contributed by atoms with E-state index in [1.54, 1.807) is 32.4 Å². The topological polar surface area (TPSA) is 70.2 Å². The smallest absolute Gasteiger partial charge is 0.266 e. The molecule has 2 N–H and O–H groups in total. The molecule has 0 bridgehead atoms. The molecule has 2 aromatic heterocycles. The summed E-state index contributed by atoms with van der Waals surface area (Å²) in [7, 11) is 1.65. The van der Waals surface area contributed by atoms with E-state index >= 15 is 0 Å². The quantitative estimate of drug-likeness (QED) is 0.554. The zero-order valence-corrected chi connectivity index (χ0v) is 18.5. The van der Waals surface area contributed by atoms with Gasteiger partial charge in [0.15, 0.2) is 0 Å². The lowest BCUT2D eigenvalue weighted by molar-refractivity contribution is -0.125. The molecule has 0 spiro atoms. The molecule has 1 saturated heterocycles. The highest BCUT2D eigenvalue weighted by atomic mass is 19.3. The predicted octanol–water partition coefficient (Wildman–Crippen LogP) is 4.84. The number of anilines is 2. The van der Waals surface area contributed by atoms with Gasteiger partial charge >= 0.3 is 0 Å².